The Hall–Kier alpha value is -2.34. The van der Waals surface area contributed by atoms with Crippen LogP contribution in [-0.2, 0) is 16.0 Å². The maximum absolute atomic E-state index is 12.8. The fraction of sp³-hybridized carbons (Fsp3) is 0.474. The molecule has 0 bridgehead atoms. The van der Waals surface area contributed by atoms with Crippen LogP contribution in [-0.4, -0.2) is 65.4 Å². The van der Waals surface area contributed by atoms with Crippen LogP contribution < -0.4 is 5.32 Å². The number of benzene rings is 1. The van der Waals surface area contributed by atoms with E-state index in [1.54, 1.807) is 7.05 Å². The van der Waals surface area contributed by atoms with Gasteiger partial charge in [0.2, 0.25) is 11.8 Å². The van der Waals surface area contributed by atoms with E-state index in [9.17, 15) is 9.59 Å². The second-order valence-corrected chi connectivity index (χ2v) is 6.84. The van der Waals surface area contributed by atoms with Gasteiger partial charge in [-0.05, 0) is 25.5 Å². The van der Waals surface area contributed by atoms with E-state index in [1.165, 1.54) is 0 Å². The first-order valence-electron chi connectivity index (χ1n) is 8.81. The van der Waals surface area contributed by atoms with Crippen molar-refractivity contribution in [3.05, 3.63) is 36.0 Å². The summed E-state index contributed by atoms with van der Waals surface area (Å²) < 4.78 is 0. The molecule has 1 unspecified atom stereocenters. The maximum Gasteiger partial charge on any atom is 0.238 e. The van der Waals surface area contributed by atoms with E-state index in [0.717, 1.165) is 23.0 Å². The normalized spacial score (nSPS) is 18.7. The van der Waals surface area contributed by atoms with Crippen molar-refractivity contribution in [1.29, 1.82) is 0 Å². The number of nitrogens with one attached hydrogen (secondary N) is 2. The number of amides is 2. The summed E-state index contributed by atoms with van der Waals surface area (Å²) in [6.45, 7) is 5.99. The van der Waals surface area contributed by atoms with Crippen molar-refractivity contribution in [2.45, 2.75) is 32.4 Å². The lowest BCUT2D eigenvalue weighted by atomic mass is 10.1. The monoisotopic (exact) mass is 342 g/mol. The molecule has 0 radical (unpaired) electrons. The summed E-state index contributed by atoms with van der Waals surface area (Å²) in [7, 11) is 1.65. The Labute approximate surface area is 148 Å². The van der Waals surface area contributed by atoms with Crippen molar-refractivity contribution in [2.75, 3.05) is 26.7 Å². The van der Waals surface area contributed by atoms with Crippen molar-refractivity contribution in [2.24, 2.45) is 0 Å². The molecule has 0 spiro atoms. The molecule has 25 heavy (non-hydrogen) atoms. The van der Waals surface area contributed by atoms with Gasteiger partial charge < -0.3 is 15.2 Å². The van der Waals surface area contributed by atoms with Crippen molar-refractivity contribution >= 4 is 22.7 Å². The van der Waals surface area contributed by atoms with E-state index >= 15 is 0 Å². The molecule has 2 N–H and O–H groups in total. The van der Waals surface area contributed by atoms with Gasteiger partial charge in [0.25, 0.3) is 0 Å². The summed E-state index contributed by atoms with van der Waals surface area (Å²) in [5.41, 5.74) is 2.04. The lowest BCUT2D eigenvalue weighted by molar-refractivity contribution is -0.138. The quantitative estimate of drug-likeness (QED) is 0.882. The van der Waals surface area contributed by atoms with Crippen molar-refractivity contribution < 1.29 is 9.59 Å². The Bertz CT molecular complexity index is 768. The number of aromatic nitrogens is 1. The molecular formula is C19H26N4O2. The highest BCUT2D eigenvalue weighted by atomic mass is 16.2. The number of hydrogen-bond acceptors (Lipinski definition) is 3. The van der Waals surface area contributed by atoms with Crippen LogP contribution in [0, 0.1) is 0 Å². The third-order valence-corrected chi connectivity index (χ3v) is 5.00. The highest BCUT2D eigenvalue weighted by Gasteiger charge is 2.35. The number of piperazine rings is 1. The fourth-order valence-electron chi connectivity index (χ4n) is 3.59. The number of hydrogen-bond donors (Lipinski definition) is 2. The Morgan fingerprint density at radius 2 is 2.04 bits per heavy atom. The summed E-state index contributed by atoms with van der Waals surface area (Å²) in [4.78, 5) is 32.2. The predicted molar refractivity (Wildman–Crippen MR) is 98.3 cm³/mol. The zero-order chi connectivity index (χ0) is 18.0. The van der Waals surface area contributed by atoms with Crippen molar-refractivity contribution in [1.82, 2.24) is 20.1 Å². The van der Waals surface area contributed by atoms with Gasteiger partial charge in [-0.3, -0.25) is 14.5 Å². The molecule has 134 valence electrons. The van der Waals surface area contributed by atoms with E-state index < -0.39 is 0 Å². The SMILES string of the molecule is CNC(=O)C1CN(C(=O)Cc2c[nH]c3ccccc23)CCN1C(C)C. The van der Waals surface area contributed by atoms with Crippen LogP contribution >= 0.6 is 0 Å². The molecule has 1 aliphatic heterocycles. The molecule has 0 saturated carbocycles. The molecule has 2 amide bonds. The third kappa shape index (κ3) is 3.54. The zero-order valence-corrected chi connectivity index (χ0v) is 15.1. The molecule has 1 saturated heterocycles. The predicted octanol–water partition coefficient (Wildman–Crippen LogP) is 1.38. The van der Waals surface area contributed by atoms with Gasteiger partial charge in [0, 0.05) is 49.8 Å². The first kappa shape index (κ1) is 17.5. The Balaban J connectivity index is 1.73. The molecular weight excluding hydrogens is 316 g/mol. The smallest absolute Gasteiger partial charge is 0.238 e. The number of nitrogens with zero attached hydrogens (tertiary/aromatic N) is 2. The van der Waals surface area contributed by atoms with Crippen molar-refractivity contribution in [3.8, 4) is 0 Å². The number of carbonyl (C=O) groups is 2. The third-order valence-electron chi connectivity index (χ3n) is 5.00. The van der Waals surface area contributed by atoms with Crippen LogP contribution in [0.5, 0.6) is 0 Å². The summed E-state index contributed by atoms with van der Waals surface area (Å²) in [6.07, 6.45) is 2.26. The van der Waals surface area contributed by atoms with Crippen LogP contribution in [0.15, 0.2) is 30.5 Å². The van der Waals surface area contributed by atoms with Crippen LogP contribution in [0.4, 0.5) is 0 Å². The van der Waals surface area contributed by atoms with Gasteiger partial charge in [-0.15, -0.1) is 0 Å². The van der Waals surface area contributed by atoms with Crippen molar-refractivity contribution in [3.63, 3.8) is 0 Å². The molecule has 1 aromatic heterocycles. The number of rotatable bonds is 4. The lowest BCUT2D eigenvalue weighted by Crippen LogP contribution is -2.61. The Morgan fingerprint density at radius 3 is 2.76 bits per heavy atom. The van der Waals surface area contributed by atoms with E-state index in [-0.39, 0.29) is 23.9 Å². The minimum absolute atomic E-state index is 0.0294. The molecule has 0 aliphatic carbocycles. The minimum atomic E-state index is -0.286. The topological polar surface area (TPSA) is 68.4 Å². The summed E-state index contributed by atoms with van der Waals surface area (Å²) >= 11 is 0. The molecule has 1 fully saturated rings. The highest BCUT2D eigenvalue weighted by molar-refractivity contribution is 5.89. The first-order valence-corrected chi connectivity index (χ1v) is 8.81. The molecule has 2 heterocycles. The number of H-pyrrole nitrogens is 1. The van der Waals surface area contributed by atoms with Gasteiger partial charge in [0.05, 0.1) is 6.42 Å². The van der Waals surface area contributed by atoms with E-state index in [4.69, 9.17) is 0 Å². The second kappa shape index (κ2) is 7.27. The van der Waals surface area contributed by atoms with Crippen LogP contribution in [0.1, 0.15) is 19.4 Å². The number of carbonyl (C=O) groups excluding carboxylic acids is 2. The van der Waals surface area contributed by atoms with Gasteiger partial charge >= 0.3 is 0 Å². The van der Waals surface area contributed by atoms with E-state index in [2.05, 4.69) is 29.0 Å². The zero-order valence-electron chi connectivity index (χ0n) is 15.1. The summed E-state index contributed by atoms with van der Waals surface area (Å²) in [5.74, 6) is 0.0420. The molecule has 1 aromatic carbocycles. The Kier molecular flexibility index (Phi) is 5.08. The minimum Gasteiger partial charge on any atom is -0.361 e. The highest BCUT2D eigenvalue weighted by Crippen LogP contribution is 2.20. The Morgan fingerprint density at radius 1 is 1.28 bits per heavy atom. The number of likely N-dealkylation sites (N-methyl/N-ethyl adjacent to an activating group) is 1. The van der Waals surface area contributed by atoms with Gasteiger partial charge in [0.15, 0.2) is 0 Å². The van der Waals surface area contributed by atoms with Crippen LogP contribution in [0.2, 0.25) is 0 Å². The first-order chi connectivity index (χ1) is 12.0. The molecule has 1 atom stereocenters. The average molecular weight is 342 g/mol. The van der Waals surface area contributed by atoms with E-state index in [1.807, 2.05) is 35.4 Å². The van der Waals surface area contributed by atoms with E-state index in [0.29, 0.717) is 19.5 Å². The van der Waals surface area contributed by atoms with Gasteiger partial charge in [0.1, 0.15) is 6.04 Å². The molecule has 1 aliphatic rings. The van der Waals surface area contributed by atoms with Gasteiger partial charge in [-0.25, -0.2) is 0 Å². The standard InChI is InChI=1S/C19H26N4O2/c1-13(2)23-9-8-22(12-17(23)19(25)20-3)18(24)10-14-11-21-16-7-5-4-6-15(14)16/h4-7,11,13,17,21H,8-10,12H2,1-3H3,(H,20,25). The molecule has 6 nitrogen and oxygen atoms in total. The fourth-order valence-corrected chi connectivity index (χ4v) is 3.59. The van der Waals surface area contributed by atoms with Crippen LogP contribution in [0.3, 0.4) is 0 Å². The second-order valence-electron chi connectivity index (χ2n) is 6.84. The average Bonchev–Trinajstić information content (AvgIpc) is 3.03. The van der Waals surface area contributed by atoms with Gasteiger partial charge in [-0.2, -0.15) is 0 Å². The number of fused-ring (bicyclic) bond motifs is 1. The van der Waals surface area contributed by atoms with Gasteiger partial charge in [-0.1, -0.05) is 18.2 Å². The summed E-state index contributed by atoms with van der Waals surface area (Å²) in [5, 5.41) is 3.81. The van der Waals surface area contributed by atoms with Crippen LogP contribution in [0.25, 0.3) is 10.9 Å². The molecule has 6 heteroatoms. The largest absolute Gasteiger partial charge is 0.361 e. The molecule has 2 aromatic rings. The summed E-state index contributed by atoms with van der Waals surface area (Å²) in [6, 6.07) is 7.97. The number of aromatic amines is 1. The number of para-hydroxylation sites is 1. The lowest BCUT2D eigenvalue weighted by Gasteiger charge is -2.42. The molecule has 3 rings (SSSR count). The maximum atomic E-state index is 12.8.